The summed E-state index contributed by atoms with van der Waals surface area (Å²) in [6.45, 7) is 0.761. The van der Waals surface area contributed by atoms with Crippen molar-refractivity contribution in [3.63, 3.8) is 0 Å². The monoisotopic (exact) mass is 1310 g/mol. The molecule has 93 heavy (non-hydrogen) atoms. The van der Waals surface area contributed by atoms with Gasteiger partial charge in [0, 0.05) is 86.5 Å². The molecule has 0 spiro atoms. The highest BCUT2D eigenvalue weighted by molar-refractivity contribution is 8.00. The third-order valence-corrected chi connectivity index (χ3v) is 17.6. The van der Waals surface area contributed by atoms with E-state index < -0.39 is 102 Å². The molecule has 3 aliphatic rings. The highest BCUT2D eigenvalue weighted by atomic mass is 32.2. The van der Waals surface area contributed by atoms with E-state index in [1.807, 2.05) is 47.6 Å². The van der Waals surface area contributed by atoms with Crippen molar-refractivity contribution in [1.29, 1.82) is 0 Å². The Bertz CT molecular complexity index is 3390. The first-order chi connectivity index (χ1) is 44.8. The number of nitrogens with two attached hydrogens (primary N) is 2. The van der Waals surface area contributed by atoms with E-state index in [1.165, 1.54) is 35.1 Å². The Morgan fingerprint density at radius 3 is 2.02 bits per heavy atom. The van der Waals surface area contributed by atoms with Gasteiger partial charge in [0.15, 0.2) is 0 Å². The van der Waals surface area contributed by atoms with E-state index >= 15 is 0 Å². The van der Waals surface area contributed by atoms with Gasteiger partial charge in [-0.2, -0.15) is 11.8 Å². The molecular weight excluding hydrogens is 1230 g/mol. The van der Waals surface area contributed by atoms with Crippen LogP contribution in [0.3, 0.4) is 0 Å². The smallest absolute Gasteiger partial charge is 0.315 e. The number of urea groups is 1. The van der Waals surface area contributed by atoms with Crippen molar-refractivity contribution < 1.29 is 66.5 Å². The molecule has 9 atom stereocenters. The van der Waals surface area contributed by atoms with Crippen molar-refractivity contribution in [3.8, 4) is 0 Å². The molecule has 28 nitrogen and oxygen atoms in total. The van der Waals surface area contributed by atoms with Crippen LogP contribution in [0, 0.1) is 5.82 Å². The molecule has 2 fully saturated rings. The second-order valence-electron chi connectivity index (χ2n) is 23.2. The fraction of sp³-hybridized carbons (Fsp3) is 0.492. The van der Waals surface area contributed by atoms with Crippen LogP contribution in [0.5, 0.6) is 0 Å². The summed E-state index contributed by atoms with van der Waals surface area (Å²) >= 11 is 1.84. The van der Waals surface area contributed by atoms with E-state index in [-0.39, 0.29) is 101 Å². The molecule has 2 bridgehead atoms. The van der Waals surface area contributed by atoms with E-state index in [4.69, 9.17) is 25.7 Å². The summed E-state index contributed by atoms with van der Waals surface area (Å²) in [5.74, 6) is -6.86. The molecule has 5 heterocycles. The Labute approximate surface area is 540 Å². The summed E-state index contributed by atoms with van der Waals surface area (Å²) in [5.41, 5.74) is 14.2. The van der Waals surface area contributed by atoms with Crippen LogP contribution in [0.15, 0.2) is 91.3 Å². The van der Waals surface area contributed by atoms with Crippen molar-refractivity contribution in [3.05, 3.63) is 119 Å². The van der Waals surface area contributed by atoms with Gasteiger partial charge in [0.2, 0.25) is 53.2 Å². The van der Waals surface area contributed by atoms with Gasteiger partial charge in [-0.3, -0.25) is 47.8 Å². The normalized spacial score (nSPS) is 22.6. The SMILES string of the molecule is Cn1cc(C[C@@H]2NC(=O)[C@@H](Cc3ccccc3)NC(=O)[C@@H](CC(N)=O)NC(=O)[C@@H](NC(=O)COCCOCCOCCNC(=O)CCCCC3SC[C@H]4NC(=O)N[C@@H]34)Cc3cn(nn3)CCCC[C@@H](C(N)=O)NC(=O)[C@H](Cc3ccc(F)cc3)NC2=O)c2ccccc21. The van der Waals surface area contributed by atoms with Crippen molar-refractivity contribution in [2.75, 3.05) is 51.9 Å². The van der Waals surface area contributed by atoms with Gasteiger partial charge in [-0.15, -0.1) is 5.10 Å². The van der Waals surface area contributed by atoms with Crippen molar-refractivity contribution in [1.82, 2.24) is 67.4 Å². The first kappa shape index (κ1) is 69.9. The molecule has 3 aliphatic heterocycles. The molecule has 3 aromatic carbocycles. The van der Waals surface area contributed by atoms with Crippen LogP contribution in [0.1, 0.15) is 73.8 Å². The fourth-order valence-corrected chi connectivity index (χ4v) is 12.8. The molecule has 2 saturated heterocycles. The molecule has 5 aromatic rings. The van der Waals surface area contributed by atoms with Crippen LogP contribution in [0.25, 0.3) is 10.9 Å². The van der Waals surface area contributed by atoms with Gasteiger partial charge < -0.3 is 78.1 Å². The van der Waals surface area contributed by atoms with Crippen LogP contribution in [0.4, 0.5) is 9.18 Å². The zero-order valence-electron chi connectivity index (χ0n) is 51.7. The second-order valence-corrected chi connectivity index (χ2v) is 24.4. The molecule has 500 valence electrons. The van der Waals surface area contributed by atoms with Crippen LogP contribution in [0.2, 0.25) is 0 Å². The lowest BCUT2D eigenvalue weighted by molar-refractivity contribution is -0.136. The third-order valence-electron chi connectivity index (χ3n) is 16.0. The molecular formula is C63H82FN15O13S. The van der Waals surface area contributed by atoms with Crippen LogP contribution >= 0.6 is 11.8 Å². The number of aryl methyl sites for hydroxylation is 2. The predicted molar refractivity (Wildman–Crippen MR) is 338 cm³/mol. The lowest BCUT2D eigenvalue weighted by Gasteiger charge is -2.27. The third kappa shape index (κ3) is 21.8. The number of thioether (sulfide) groups is 1. The summed E-state index contributed by atoms with van der Waals surface area (Å²) in [6, 6.07) is 12.6. The van der Waals surface area contributed by atoms with Crippen LogP contribution < -0.4 is 59.3 Å². The number of amides is 11. The molecule has 30 heteroatoms. The number of hydrogen-bond donors (Lipinski definition) is 11. The number of benzene rings is 3. The van der Waals surface area contributed by atoms with Gasteiger partial charge in [-0.05, 0) is 67.0 Å². The number of halogens is 1. The average molecular weight is 1310 g/mol. The molecule has 0 aliphatic carbocycles. The van der Waals surface area contributed by atoms with Gasteiger partial charge >= 0.3 is 6.03 Å². The highest BCUT2D eigenvalue weighted by Crippen LogP contribution is 2.33. The first-order valence-electron chi connectivity index (χ1n) is 31.1. The Balaban J connectivity index is 0.924. The molecule has 0 radical (unpaired) electrons. The number of nitrogens with zero attached hydrogens (tertiary/aromatic N) is 4. The minimum Gasteiger partial charge on any atom is -0.377 e. The van der Waals surface area contributed by atoms with E-state index in [0.29, 0.717) is 47.7 Å². The summed E-state index contributed by atoms with van der Waals surface area (Å²) in [7, 11) is 1.81. The maximum absolute atomic E-state index is 14.9. The average Bonchev–Trinajstić information content (AvgIpc) is 1.74. The van der Waals surface area contributed by atoms with Gasteiger partial charge in [0.25, 0.3) is 0 Å². The number of fused-ring (bicyclic) bond motifs is 4. The number of unbranched alkanes of at least 4 members (excludes halogenated alkanes) is 1. The molecule has 11 amide bonds. The van der Waals surface area contributed by atoms with E-state index in [1.54, 1.807) is 36.5 Å². The quantitative estimate of drug-likeness (QED) is 0.0246. The van der Waals surface area contributed by atoms with Gasteiger partial charge in [0.1, 0.15) is 48.7 Å². The summed E-state index contributed by atoms with van der Waals surface area (Å²) in [6.07, 6.45) is 5.44. The van der Waals surface area contributed by atoms with Crippen LogP contribution in [-0.4, -0.2) is 184 Å². The highest BCUT2D eigenvalue weighted by Gasteiger charge is 2.43. The summed E-state index contributed by atoms with van der Waals surface area (Å²) < 4.78 is 34.2. The zero-order chi connectivity index (χ0) is 66.2. The predicted octanol–water partition coefficient (Wildman–Crippen LogP) is -0.475. The number of aromatic nitrogens is 4. The first-order valence-corrected chi connectivity index (χ1v) is 32.2. The lowest BCUT2D eigenvalue weighted by Crippen LogP contribution is -2.61. The number of rotatable bonds is 26. The fourth-order valence-electron chi connectivity index (χ4n) is 11.2. The minimum absolute atomic E-state index is 0.0291. The number of nitrogens with one attached hydrogen (secondary N) is 9. The largest absolute Gasteiger partial charge is 0.377 e. The Morgan fingerprint density at radius 1 is 0.677 bits per heavy atom. The van der Waals surface area contributed by atoms with E-state index in [9.17, 15) is 52.3 Å². The van der Waals surface area contributed by atoms with Crippen molar-refractivity contribution >= 4 is 81.9 Å². The number of carbonyl (C=O) groups excluding carboxylic acids is 10. The molecule has 8 rings (SSSR count). The van der Waals surface area contributed by atoms with E-state index in [0.717, 1.165) is 35.9 Å². The number of ether oxygens (including phenoxy) is 3. The summed E-state index contributed by atoms with van der Waals surface area (Å²) in [5, 5.41) is 34.3. The van der Waals surface area contributed by atoms with Crippen LogP contribution in [-0.2, 0) is 96.6 Å². The number of carbonyl (C=O) groups is 10. The van der Waals surface area contributed by atoms with E-state index in [2.05, 4.69) is 58.2 Å². The minimum atomic E-state index is -1.73. The second kappa shape index (κ2) is 35.2. The number of hydrogen-bond acceptors (Lipinski definition) is 16. The number of primary amides is 2. The standard InChI is InChI=1S/C63H82FN15O13S/c1-78-34-40(43-13-5-6-15-51(43)78)31-47-60(86)70-46(30-39-18-20-41(64)21-19-39)58(84)69-44(57(66)83)14-9-10-23-79-35-42(76-77-79)32-48(61(87)73-49(33-53(65)80)62(88)71-45(59(85)72-47)29-38-11-3-2-4-12-38)68-55(82)36-92-28-27-91-26-25-90-24-22-67-54(81)17-8-7-16-52-56-50(37-93-52)74-63(89)75-56/h2-6,11-13,15,18-21,34-35,44-50,52,56H,7-10,14,16-17,22-33,36-37H2,1H3,(H2,65,80)(H2,66,83)(H,67,81)(H,68,82)(H,69,84)(H,70,86)(H,71,88)(H,72,85)(H,73,87)(H2,74,75,89)/t44-,45+,46-,47-,48-,49+,50+,52?,56+/m0/s1. The maximum Gasteiger partial charge on any atom is 0.315 e. The Morgan fingerprint density at radius 2 is 1.31 bits per heavy atom. The number of para-hydroxylation sites is 1. The molecule has 1 unspecified atom stereocenters. The van der Waals surface area contributed by atoms with Gasteiger partial charge in [0.05, 0.1) is 57.2 Å². The molecule has 2 aromatic heterocycles. The molecule has 0 saturated carbocycles. The van der Waals surface area contributed by atoms with Crippen molar-refractivity contribution in [2.24, 2.45) is 18.5 Å². The lowest BCUT2D eigenvalue weighted by atomic mass is 10.00. The Hall–Kier alpha value is -9.00. The maximum atomic E-state index is 14.9. The van der Waals surface area contributed by atoms with Crippen molar-refractivity contribution in [2.45, 2.75) is 137 Å². The van der Waals surface area contributed by atoms with Gasteiger partial charge in [-0.25, -0.2) is 9.18 Å². The molecule has 13 N–H and O–H groups in total. The zero-order valence-corrected chi connectivity index (χ0v) is 52.6. The topological polar surface area (TPSA) is 394 Å². The summed E-state index contributed by atoms with van der Waals surface area (Å²) in [4.78, 5) is 136. The Kier molecular flexibility index (Phi) is 26.4. The van der Waals surface area contributed by atoms with Gasteiger partial charge in [-0.1, -0.05) is 72.3 Å².